The van der Waals surface area contributed by atoms with Gasteiger partial charge in [-0.05, 0) is 37.3 Å². The van der Waals surface area contributed by atoms with Crippen LogP contribution in [0.15, 0.2) is 6.07 Å². The van der Waals surface area contributed by atoms with Crippen molar-refractivity contribution < 1.29 is 9.90 Å². The predicted octanol–water partition coefficient (Wildman–Crippen LogP) is 3.10. The Bertz CT molecular complexity index is 553. The minimum atomic E-state index is -0.154. The molecule has 0 radical (unpaired) electrons. The van der Waals surface area contributed by atoms with Crippen LogP contribution < -0.4 is 5.32 Å². The second-order valence-corrected chi connectivity index (χ2v) is 6.67. The molecular weight excluding hydrogens is 282 g/mol. The Labute approximate surface area is 130 Å². The molecule has 1 aromatic heterocycles. The zero-order valence-corrected chi connectivity index (χ0v) is 13.6. The fourth-order valence-electron chi connectivity index (χ4n) is 2.96. The van der Waals surface area contributed by atoms with Gasteiger partial charge in [0, 0.05) is 6.04 Å². The molecule has 1 saturated carbocycles. The number of hydrogen-bond donors (Lipinski definition) is 2. The Kier molecular flexibility index (Phi) is 5.84. The summed E-state index contributed by atoms with van der Waals surface area (Å²) in [6, 6.07) is 2.20. The fraction of sp³-hybridized carbons (Fsp3) is 0.588. The molecule has 2 unspecified atom stereocenters. The first-order valence-electron chi connectivity index (χ1n) is 7.66. The van der Waals surface area contributed by atoms with Crippen LogP contribution in [0.2, 0.25) is 0 Å². The standard InChI is InChI=1S/C17H23NO2S/c1-3-13-7-4-5-8-14(13)18-17(20)16-11-12(2)15(21-16)9-6-10-19/h11,13-14,19H,3-5,7-8,10H2,1-2H3,(H,18,20). The molecule has 2 atom stereocenters. The van der Waals surface area contributed by atoms with Crippen LogP contribution in [0.25, 0.3) is 0 Å². The number of thiophene rings is 1. The van der Waals surface area contributed by atoms with Crippen molar-refractivity contribution in [3.05, 3.63) is 21.4 Å². The van der Waals surface area contributed by atoms with Crippen LogP contribution in [-0.2, 0) is 0 Å². The monoisotopic (exact) mass is 305 g/mol. The van der Waals surface area contributed by atoms with E-state index < -0.39 is 0 Å². The molecular formula is C17H23NO2S. The molecule has 1 aliphatic carbocycles. The molecule has 1 fully saturated rings. The van der Waals surface area contributed by atoms with Gasteiger partial charge in [-0.2, -0.15) is 0 Å². The quantitative estimate of drug-likeness (QED) is 0.843. The lowest BCUT2D eigenvalue weighted by molar-refractivity contribution is 0.0909. The molecule has 4 heteroatoms. The highest BCUT2D eigenvalue weighted by Gasteiger charge is 2.25. The first kappa shape index (κ1) is 16.1. The Morgan fingerprint density at radius 2 is 2.24 bits per heavy atom. The van der Waals surface area contributed by atoms with Gasteiger partial charge in [0.25, 0.3) is 5.91 Å². The lowest BCUT2D eigenvalue weighted by atomic mass is 9.83. The summed E-state index contributed by atoms with van der Waals surface area (Å²) >= 11 is 1.41. The second kappa shape index (κ2) is 7.63. The van der Waals surface area contributed by atoms with E-state index in [1.165, 1.54) is 30.6 Å². The molecule has 3 nitrogen and oxygen atoms in total. The number of aryl methyl sites for hydroxylation is 1. The normalized spacial score (nSPS) is 21.5. The summed E-state index contributed by atoms with van der Waals surface area (Å²) in [7, 11) is 0. The summed E-state index contributed by atoms with van der Waals surface area (Å²) in [4.78, 5) is 14.0. The van der Waals surface area contributed by atoms with E-state index in [4.69, 9.17) is 5.11 Å². The van der Waals surface area contributed by atoms with Crippen molar-refractivity contribution in [2.75, 3.05) is 6.61 Å². The van der Waals surface area contributed by atoms with Gasteiger partial charge in [-0.3, -0.25) is 4.79 Å². The summed E-state index contributed by atoms with van der Waals surface area (Å²) in [6.45, 7) is 4.00. The van der Waals surface area contributed by atoms with Crippen LogP contribution in [0, 0.1) is 24.7 Å². The number of carbonyl (C=O) groups excluding carboxylic acids is 1. The maximum Gasteiger partial charge on any atom is 0.261 e. The summed E-state index contributed by atoms with van der Waals surface area (Å²) in [6.07, 6.45) is 5.92. The van der Waals surface area contributed by atoms with Crippen LogP contribution in [0.1, 0.15) is 59.1 Å². The van der Waals surface area contributed by atoms with Gasteiger partial charge in [0.2, 0.25) is 0 Å². The van der Waals surface area contributed by atoms with Crippen molar-refractivity contribution in [2.24, 2.45) is 5.92 Å². The highest BCUT2D eigenvalue weighted by atomic mass is 32.1. The molecule has 114 valence electrons. The number of aliphatic hydroxyl groups is 1. The van der Waals surface area contributed by atoms with Gasteiger partial charge < -0.3 is 10.4 Å². The van der Waals surface area contributed by atoms with Crippen LogP contribution in [-0.4, -0.2) is 23.7 Å². The second-order valence-electron chi connectivity index (χ2n) is 5.62. The van der Waals surface area contributed by atoms with E-state index >= 15 is 0 Å². The zero-order chi connectivity index (χ0) is 15.2. The molecule has 0 aromatic carbocycles. The third-order valence-corrected chi connectivity index (χ3v) is 5.32. The first-order valence-corrected chi connectivity index (χ1v) is 8.48. The van der Waals surface area contributed by atoms with E-state index in [1.807, 2.05) is 13.0 Å². The smallest absolute Gasteiger partial charge is 0.261 e. The van der Waals surface area contributed by atoms with Gasteiger partial charge in [-0.15, -0.1) is 11.3 Å². The number of rotatable bonds is 3. The van der Waals surface area contributed by atoms with E-state index in [1.54, 1.807) is 0 Å². The molecule has 1 amide bonds. The van der Waals surface area contributed by atoms with E-state index in [2.05, 4.69) is 24.1 Å². The number of amides is 1. The number of carbonyl (C=O) groups is 1. The Hall–Kier alpha value is -1.31. The number of nitrogens with one attached hydrogen (secondary N) is 1. The summed E-state index contributed by atoms with van der Waals surface area (Å²) in [5, 5.41) is 12.0. The van der Waals surface area contributed by atoms with Crippen LogP contribution in [0.5, 0.6) is 0 Å². The number of aliphatic hydroxyl groups excluding tert-OH is 1. The number of hydrogen-bond acceptors (Lipinski definition) is 3. The van der Waals surface area contributed by atoms with Crippen molar-refractivity contribution in [1.29, 1.82) is 0 Å². The van der Waals surface area contributed by atoms with Crippen molar-refractivity contribution in [1.82, 2.24) is 5.32 Å². The molecule has 1 aliphatic rings. The van der Waals surface area contributed by atoms with Gasteiger partial charge in [0.1, 0.15) is 6.61 Å². The maximum absolute atomic E-state index is 12.4. The highest BCUT2D eigenvalue weighted by Crippen LogP contribution is 2.28. The minimum absolute atomic E-state index is 0.0190. The molecule has 0 bridgehead atoms. The van der Waals surface area contributed by atoms with Crippen molar-refractivity contribution in [3.8, 4) is 11.8 Å². The molecule has 0 saturated heterocycles. The van der Waals surface area contributed by atoms with Crippen molar-refractivity contribution in [2.45, 2.75) is 52.0 Å². The van der Waals surface area contributed by atoms with Gasteiger partial charge >= 0.3 is 0 Å². The lowest BCUT2D eigenvalue weighted by Gasteiger charge is -2.31. The third kappa shape index (κ3) is 4.09. The van der Waals surface area contributed by atoms with Gasteiger partial charge in [0.05, 0.1) is 9.75 Å². The molecule has 0 spiro atoms. The van der Waals surface area contributed by atoms with E-state index in [0.29, 0.717) is 12.0 Å². The summed E-state index contributed by atoms with van der Waals surface area (Å²) in [5.74, 6) is 6.17. The van der Waals surface area contributed by atoms with Crippen LogP contribution in [0.4, 0.5) is 0 Å². The first-order chi connectivity index (χ1) is 10.2. The summed E-state index contributed by atoms with van der Waals surface area (Å²) in [5.41, 5.74) is 1.00. The SMILES string of the molecule is CCC1CCCCC1NC(=O)c1cc(C)c(C#CCO)s1. The van der Waals surface area contributed by atoms with E-state index in [0.717, 1.165) is 28.2 Å². The van der Waals surface area contributed by atoms with Gasteiger partial charge in [0.15, 0.2) is 0 Å². The lowest BCUT2D eigenvalue weighted by Crippen LogP contribution is -2.41. The average Bonchev–Trinajstić information content (AvgIpc) is 2.87. The fourth-order valence-corrected chi connectivity index (χ4v) is 3.91. The van der Waals surface area contributed by atoms with Gasteiger partial charge in [-0.1, -0.05) is 38.0 Å². The Balaban J connectivity index is 2.06. The maximum atomic E-state index is 12.4. The minimum Gasteiger partial charge on any atom is -0.384 e. The highest BCUT2D eigenvalue weighted by molar-refractivity contribution is 7.14. The van der Waals surface area contributed by atoms with Gasteiger partial charge in [-0.25, -0.2) is 0 Å². The zero-order valence-electron chi connectivity index (χ0n) is 12.7. The molecule has 2 rings (SSSR count). The third-order valence-electron chi connectivity index (χ3n) is 4.17. The predicted molar refractivity (Wildman–Crippen MR) is 86.5 cm³/mol. The van der Waals surface area contributed by atoms with Crippen LogP contribution >= 0.6 is 11.3 Å². The molecule has 21 heavy (non-hydrogen) atoms. The van der Waals surface area contributed by atoms with E-state index in [-0.39, 0.29) is 12.5 Å². The van der Waals surface area contributed by atoms with E-state index in [9.17, 15) is 4.79 Å². The largest absolute Gasteiger partial charge is 0.384 e. The van der Waals surface area contributed by atoms with Crippen LogP contribution in [0.3, 0.4) is 0 Å². The molecule has 0 aliphatic heterocycles. The molecule has 1 aromatic rings. The molecule has 2 N–H and O–H groups in total. The Morgan fingerprint density at radius 3 is 2.95 bits per heavy atom. The Morgan fingerprint density at radius 1 is 1.48 bits per heavy atom. The summed E-state index contributed by atoms with van der Waals surface area (Å²) < 4.78 is 0. The van der Waals surface area contributed by atoms with Crippen molar-refractivity contribution >= 4 is 17.2 Å². The average molecular weight is 305 g/mol. The van der Waals surface area contributed by atoms with Crippen molar-refractivity contribution in [3.63, 3.8) is 0 Å². The topological polar surface area (TPSA) is 49.3 Å². The molecule has 1 heterocycles.